The van der Waals surface area contributed by atoms with Gasteiger partial charge in [-0.2, -0.15) is 0 Å². The molecule has 25 heavy (non-hydrogen) atoms. The number of hydrogen-bond acceptors (Lipinski definition) is 6. The number of aromatic nitrogens is 1. The number of amides is 1. The van der Waals surface area contributed by atoms with E-state index in [0.29, 0.717) is 41.7 Å². The van der Waals surface area contributed by atoms with Crippen LogP contribution in [0, 0.1) is 0 Å². The van der Waals surface area contributed by atoms with Gasteiger partial charge < -0.3 is 20.1 Å². The second kappa shape index (κ2) is 9.45. The van der Waals surface area contributed by atoms with Gasteiger partial charge in [-0.3, -0.25) is 4.79 Å². The smallest absolute Gasteiger partial charge is 0.257 e. The first-order valence-corrected chi connectivity index (χ1v) is 8.29. The normalized spacial score (nSPS) is 16.6. The topological polar surface area (TPSA) is 77.7 Å². The second-order valence-electron chi connectivity index (χ2n) is 5.05. The molecular formula is C15H18Cl3N3O3S. The Bertz CT molecular complexity index is 716. The molecule has 0 aliphatic carbocycles. The second-order valence-corrected chi connectivity index (χ2v) is 6.39. The fourth-order valence-corrected chi connectivity index (χ4v) is 3.29. The lowest BCUT2D eigenvalue weighted by molar-refractivity contribution is -0.0229. The third-order valence-electron chi connectivity index (χ3n) is 3.63. The van der Waals surface area contributed by atoms with Gasteiger partial charge in [0.25, 0.3) is 5.91 Å². The molecule has 1 unspecified atom stereocenters. The molecule has 1 amide bonds. The van der Waals surface area contributed by atoms with Gasteiger partial charge in [-0.1, -0.05) is 11.6 Å². The van der Waals surface area contributed by atoms with E-state index >= 15 is 0 Å². The monoisotopic (exact) mass is 425 g/mol. The number of morpholine rings is 1. The first-order valence-electron chi connectivity index (χ1n) is 7.03. The van der Waals surface area contributed by atoms with Crippen molar-refractivity contribution in [2.45, 2.75) is 6.10 Å². The van der Waals surface area contributed by atoms with E-state index in [2.05, 4.69) is 4.98 Å². The maximum absolute atomic E-state index is 12.8. The summed E-state index contributed by atoms with van der Waals surface area (Å²) in [5.41, 5.74) is 6.54. The number of carbonyl (C=O) groups is 1. The summed E-state index contributed by atoms with van der Waals surface area (Å²) < 4.78 is 11.0. The lowest BCUT2D eigenvalue weighted by Crippen LogP contribution is -2.42. The van der Waals surface area contributed by atoms with Crippen molar-refractivity contribution in [1.29, 1.82) is 0 Å². The molecule has 1 saturated heterocycles. The fraction of sp³-hybridized carbons (Fsp3) is 0.333. The number of thiazole rings is 1. The summed E-state index contributed by atoms with van der Waals surface area (Å²) in [6.45, 7) is 1.41. The van der Waals surface area contributed by atoms with E-state index in [-0.39, 0.29) is 36.8 Å². The molecule has 3 rings (SSSR count). The van der Waals surface area contributed by atoms with Gasteiger partial charge in [-0.25, -0.2) is 4.98 Å². The van der Waals surface area contributed by atoms with Crippen LogP contribution in [0.25, 0.3) is 0 Å². The fourth-order valence-electron chi connectivity index (χ4n) is 2.45. The van der Waals surface area contributed by atoms with Gasteiger partial charge in [0.1, 0.15) is 16.9 Å². The molecule has 2 aromatic rings. The van der Waals surface area contributed by atoms with Crippen molar-refractivity contribution in [2.75, 3.05) is 32.5 Å². The lowest BCUT2D eigenvalue weighted by Gasteiger charge is -2.32. The number of benzene rings is 1. The molecule has 1 fully saturated rings. The Hall–Kier alpha value is -1.25. The Balaban J connectivity index is 0.00000156. The van der Waals surface area contributed by atoms with Crippen molar-refractivity contribution in [2.24, 2.45) is 0 Å². The summed E-state index contributed by atoms with van der Waals surface area (Å²) in [5.74, 6) is 0.253. The van der Waals surface area contributed by atoms with Gasteiger partial charge in [-0.05, 0) is 6.07 Å². The van der Waals surface area contributed by atoms with Gasteiger partial charge in [-0.15, -0.1) is 36.2 Å². The minimum Gasteiger partial charge on any atom is -0.496 e. The van der Waals surface area contributed by atoms with Crippen LogP contribution >= 0.6 is 47.8 Å². The number of halogens is 3. The number of hydrogen-bond donors (Lipinski definition) is 1. The van der Waals surface area contributed by atoms with Crippen molar-refractivity contribution in [3.8, 4) is 5.75 Å². The molecule has 1 atom stereocenters. The van der Waals surface area contributed by atoms with E-state index in [1.165, 1.54) is 18.4 Å². The van der Waals surface area contributed by atoms with Crippen LogP contribution in [0.15, 0.2) is 23.7 Å². The molecule has 0 bridgehead atoms. The Morgan fingerprint density at radius 1 is 1.48 bits per heavy atom. The van der Waals surface area contributed by atoms with Crippen LogP contribution in [-0.2, 0) is 4.74 Å². The Kier molecular flexibility index (Phi) is 8.24. The highest BCUT2D eigenvalue weighted by molar-refractivity contribution is 7.09. The van der Waals surface area contributed by atoms with Crippen molar-refractivity contribution < 1.29 is 14.3 Å². The first kappa shape index (κ1) is 21.8. The van der Waals surface area contributed by atoms with E-state index < -0.39 is 0 Å². The Labute approximate surface area is 167 Å². The van der Waals surface area contributed by atoms with Crippen LogP contribution in [-0.4, -0.2) is 42.6 Å². The zero-order valence-electron chi connectivity index (χ0n) is 13.3. The van der Waals surface area contributed by atoms with Crippen LogP contribution in [0.4, 0.5) is 5.69 Å². The number of nitrogens with two attached hydrogens (primary N) is 1. The van der Waals surface area contributed by atoms with Gasteiger partial charge in [0, 0.05) is 24.2 Å². The van der Waals surface area contributed by atoms with E-state index in [1.54, 1.807) is 23.2 Å². The van der Waals surface area contributed by atoms with Crippen LogP contribution < -0.4 is 10.5 Å². The number of carbonyl (C=O) groups excluding carboxylic acids is 1. The van der Waals surface area contributed by atoms with Crippen molar-refractivity contribution in [3.05, 3.63) is 39.3 Å². The molecule has 0 spiro atoms. The summed E-state index contributed by atoms with van der Waals surface area (Å²) >= 11 is 7.57. The van der Waals surface area contributed by atoms with Crippen molar-refractivity contribution >= 4 is 59.3 Å². The van der Waals surface area contributed by atoms with Gasteiger partial charge in [0.2, 0.25) is 0 Å². The average molecular weight is 427 g/mol. The predicted molar refractivity (Wildman–Crippen MR) is 104 cm³/mol. The van der Waals surface area contributed by atoms with Crippen molar-refractivity contribution in [3.63, 3.8) is 0 Å². The van der Waals surface area contributed by atoms with E-state index in [0.717, 1.165) is 5.01 Å². The number of anilines is 1. The number of rotatable bonds is 3. The highest BCUT2D eigenvalue weighted by Gasteiger charge is 2.29. The Morgan fingerprint density at radius 3 is 2.88 bits per heavy atom. The quantitative estimate of drug-likeness (QED) is 0.761. The highest BCUT2D eigenvalue weighted by atomic mass is 35.5. The molecule has 1 aromatic carbocycles. The van der Waals surface area contributed by atoms with Crippen molar-refractivity contribution in [1.82, 2.24) is 9.88 Å². The molecule has 1 aliphatic heterocycles. The number of nitrogen functional groups attached to an aromatic ring is 1. The van der Waals surface area contributed by atoms with Gasteiger partial charge in [0.05, 0.1) is 36.5 Å². The number of nitrogens with zero attached hydrogens (tertiary/aromatic N) is 2. The average Bonchev–Trinajstić information content (AvgIpc) is 3.11. The maximum atomic E-state index is 12.8. The van der Waals surface area contributed by atoms with E-state index in [1.807, 2.05) is 5.38 Å². The summed E-state index contributed by atoms with van der Waals surface area (Å²) in [7, 11) is 1.50. The van der Waals surface area contributed by atoms with Crippen LogP contribution in [0.1, 0.15) is 21.5 Å². The summed E-state index contributed by atoms with van der Waals surface area (Å²) in [4.78, 5) is 18.8. The third-order valence-corrected chi connectivity index (χ3v) is 4.82. The largest absolute Gasteiger partial charge is 0.496 e. The summed E-state index contributed by atoms with van der Waals surface area (Å²) in [6, 6.07) is 3.11. The minimum atomic E-state index is -0.206. The molecule has 2 heterocycles. The zero-order valence-corrected chi connectivity index (χ0v) is 16.5. The number of methoxy groups -OCH3 is 1. The molecule has 0 radical (unpaired) electrons. The highest BCUT2D eigenvalue weighted by Crippen LogP contribution is 2.31. The molecule has 138 valence electrons. The SMILES string of the molecule is COc1cc(N)c(Cl)cc1C(=O)N1CCOC(c2nccs2)C1.Cl.Cl. The summed E-state index contributed by atoms with van der Waals surface area (Å²) in [5, 5.41) is 3.09. The zero-order chi connectivity index (χ0) is 16.4. The molecular weight excluding hydrogens is 409 g/mol. The first-order chi connectivity index (χ1) is 11.1. The molecule has 0 saturated carbocycles. The van der Waals surface area contributed by atoms with Gasteiger partial charge in [0.15, 0.2) is 0 Å². The molecule has 1 aromatic heterocycles. The molecule has 2 N–H and O–H groups in total. The van der Waals surface area contributed by atoms with Crippen LogP contribution in [0.2, 0.25) is 5.02 Å². The van der Waals surface area contributed by atoms with Crippen LogP contribution in [0.3, 0.4) is 0 Å². The molecule has 10 heteroatoms. The summed E-state index contributed by atoms with van der Waals surface area (Å²) in [6.07, 6.45) is 1.52. The number of ether oxygens (including phenoxy) is 2. The van der Waals surface area contributed by atoms with E-state index in [4.69, 9.17) is 26.8 Å². The molecule has 6 nitrogen and oxygen atoms in total. The third kappa shape index (κ3) is 4.68. The minimum absolute atomic E-state index is 0. The van der Waals surface area contributed by atoms with E-state index in [9.17, 15) is 4.79 Å². The lowest BCUT2D eigenvalue weighted by atomic mass is 10.1. The maximum Gasteiger partial charge on any atom is 0.257 e. The standard InChI is InChI=1S/C15H16ClN3O3S.2ClH/c1-21-12-7-11(17)10(16)6-9(12)15(20)19-3-4-22-13(8-19)14-18-2-5-23-14;;/h2,5-7,13H,3-4,8,17H2,1H3;2*1H. The Morgan fingerprint density at radius 2 is 2.24 bits per heavy atom. The van der Waals surface area contributed by atoms with Gasteiger partial charge >= 0.3 is 0 Å². The predicted octanol–water partition coefficient (Wildman–Crippen LogP) is 3.44. The van der Waals surface area contributed by atoms with Crippen LogP contribution in [0.5, 0.6) is 5.75 Å². The molecule has 1 aliphatic rings.